The molecule has 0 spiro atoms. The monoisotopic (exact) mass is 910 g/mol. The number of benzene rings is 3. The highest BCUT2D eigenvalue weighted by molar-refractivity contribution is 6.03. The number of aromatic amines is 1. The predicted octanol–water partition coefficient (Wildman–Crippen LogP) is 10.0. The molecule has 2 unspecified atom stereocenters. The fraction of sp³-hybridized carbons (Fsp3) is 0.527. The van der Waals surface area contributed by atoms with Crippen LogP contribution in [0.1, 0.15) is 133 Å². The molecule has 3 aliphatic heterocycles. The number of likely N-dealkylation sites (tertiary alicyclic amines) is 2. The number of allylic oxidation sites excluding steroid dienone is 1. The SMILES string of the molecule is COC[C@H]1C[C@@H](C2=NC=C(c3ccc(-c4ccc(-c5ccc6nc([C@@H]7CC[C@H](C)N7C(=O)[C@@H](CC(=O)OC)C(C)C)[nH]c6c5)c5c4C4CCC5C4)cc3)C2)N(C(=O)[C@@H](CC(=O)OC)C(C)C)C1. The van der Waals surface area contributed by atoms with E-state index in [-0.39, 0.29) is 72.5 Å². The molecular weight excluding hydrogens is 843 g/mol. The highest BCUT2D eigenvalue weighted by atomic mass is 16.5. The quantitative estimate of drug-likeness (QED) is 0.116. The van der Waals surface area contributed by atoms with Gasteiger partial charge in [0.1, 0.15) is 5.82 Å². The molecule has 12 heteroatoms. The van der Waals surface area contributed by atoms with E-state index in [0.29, 0.717) is 31.4 Å². The van der Waals surface area contributed by atoms with E-state index in [1.807, 2.05) is 43.7 Å². The Morgan fingerprint density at radius 1 is 0.731 bits per heavy atom. The molecule has 5 aliphatic rings. The Morgan fingerprint density at radius 2 is 1.34 bits per heavy atom. The summed E-state index contributed by atoms with van der Waals surface area (Å²) in [5.41, 5.74) is 13.0. The Hall–Kier alpha value is -5.62. The summed E-state index contributed by atoms with van der Waals surface area (Å²) in [7, 11) is 4.44. The second-order valence-corrected chi connectivity index (χ2v) is 20.6. The zero-order valence-electron chi connectivity index (χ0n) is 40.5. The van der Waals surface area contributed by atoms with Crippen molar-refractivity contribution in [2.24, 2.45) is 34.6 Å². The average molecular weight is 910 g/mol. The van der Waals surface area contributed by atoms with E-state index in [4.69, 9.17) is 24.2 Å². The first-order chi connectivity index (χ1) is 32.3. The number of rotatable bonds is 15. The van der Waals surface area contributed by atoms with Gasteiger partial charge in [-0.05, 0) is 126 Å². The number of imidazole rings is 1. The van der Waals surface area contributed by atoms with Crippen LogP contribution in [0.2, 0.25) is 0 Å². The van der Waals surface area contributed by atoms with Crippen LogP contribution in [0, 0.1) is 29.6 Å². The molecule has 354 valence electrons. The zero-order chi connectivity index (χ0) is 47.3. The second kappa shape index (κ2) is 19.2. The number of H-pyrrole nitrogens is 1. The number of carbonyl (C=O) groups excluding carboxylic acids is 4. The molecule has 67 heavy (non-hydrogen) atoms. The van der Waals surface area contributed by atoms with Crippen LogP contribution in [0.4, 0.5) is 0 Å². The number of aliphatic imine (C=N–C) groups is 1. The zero-order valence-corrected chi connectivity index (χ0v) is 40.5. The molecule has 2 amide bonds. The third kappa shape index (κ3) is 8.86. The number of hydrogen-bond acceptors (Lipinski definition) is 9. The van der Waals surface area contributed by atoms with Crippen LogP contribution < -0.4 is 0 Å². The van der Waals surface area contributed by atoms with E-state index < -0.39 is 11.8 Å². The molecule has 2 saturated heterocycles. The van der Waals surface area contributed by atoms with Crippen molar-refractivity contribution in [2.75, 3.05) is 34.5 Å². The van der Waals surface area contributed by atoms with Crippen molar-refractivity contribution >= 4 is 46.1 Å². The molecule has 0 radical (unpaired) electrons. The largest absolute Gasteiger partial charge is 0.469 e. The number of amides is 2. The fourth-order valence-corrected chi connectivity index (χ4v) is 12.2. The van der Waals surface area contributed by atoms with Gasteiger partial charge in [-0.3, -0.25) is 24.2 Å². The van der Waals surface area contributed by atoms with Gasteiger partial charge in [0, 0.05) is 43.9 Å². The lowest BCUT2D eigenvalue weighted by molar-refractivity contribution is -0.149. The van der Waals surface area contributed by atoms with Gasteiger partial charge in [-0.15, -0.1) is 0 Å². The standard InChI is InChI=1S/C55H67N5O7/c1-30(2)42(25-49(61)66-7)54(63)59-28-33(29-65-6)21-48(59)46-24-39(27-56-46)34-10-12-35(13-11-34)40-17-18-41(52-38-15-14-37(22-38)51(40)52)36-16-19-44-45(23-36)58-53(57-44)47-20-9-32(5)60(47)55(64)43(31(3)4)26-50(62)67-8/h10-13,16-19,23,27,30-33,37-38,42-43,47-48H,9,14-15,20-22,24-26,28-29H2,1-8H3,(H,57,58)/t32-,33-,37?,38?,42-,43-,47-,48-/m0/s1. The molecule has 3 fully saturated rings. The molecule has 2 bridgehead atoms. The maximum atomic E-state index is 14.1. The summed E-state index contributed by atoms with van der Waals surface area (Å²) in [6.07, 6.45) is 8.83. The Labute approximate surface area is 394 Å². The van der Waals surface area contributed by atoms with Crippen LogP contribution in [0.25, 0.3) is 38.9 Å². The summed E-state index contributed by atoms with van der Waals surface area (Å²) >= 11 is 0. The molecule has 4 aromatic rings. The van der Waals surface area contributed by atoms with Crippen molar-refractivity contribution in [3.8, 4) is 22.3 Å². The summed E-state index contributed by atoms with van der Waals surface area (Å²) in [4.78, 5) is 70.4. The molecule has 3 aromatic carbocycles. The van der Waals surface area contributed by atoms with E-state index in [1.54, 1.807) is 7.11 Å². The number of hydrogen-bond donors (Lipinski definition) is 1. The van der Waals surface area contributed by atoms with Gasteiger partial charge >= 0.3 is 11.9 Å². The van der Waals surface area contributed by atoms with E-state index in [1.165, 1.54) is 66.9 Å². The van der Waals surface area contributed by atoms with Gasteiger partial charge in [0.15, 0.2) is 0 Å². The number of aromatic nitrogens is 2. The van der Waals surface area contributed by atoms with Gasteiger partial charge < -0.3 is 29.0 Å². The van der Waals surface area contributed by atoms with Crippen molar-refractivity contribution in [3.05, 3.63) is 83.3 Å². The second-order valence-electron chi connectivity index (χ2n) is 20.6. The maximum Gasteiger partial charge on any atom is 0.306 e. The Bertz CT molecular complexity index is 2610. The molecule has 12 nitrogen and oxygen atoms in total. The van der Waals surface area contributed by atoms with Gasteiger partial charge in [-0.1, -0.05) is 70.2 Å². The number of esters is 2. The van der Waals surface area contributed by atoms with E-state index in [2.05, 4.69) is 66.5 Å². The van der Waals surface area contributed by atoms with Crippen LogP contribution >= 0.6 is 0 Å². The van der Waals surface area contributed by atoms with E-state index >= 15 is 0 Å². The number of nitrogens with zero attached hydrogens (tertiary/aromatic N) is 4. The molecule has 9 rings (SSSR count). The van der Waals surface area contributed by atoms with E-state index in [9.17, 15) is 19.2 Å². The molecular formula is C55H67N5O7. The minimum atomic E-state index is -0.459. The third-order valence-corrected chi connectivity index (χ3v) is 15.8. The van der Waals surface area contributed by atoms with Crippen LogP contribution in [-0.4, -0.2) is 95.8 Å². The first-order valence-corrected chi connectivity index (χ1v) is 24.6. The maximum absolute atomic E-state index is 14.1. The molecule has 1 saturated carbocycles. The Morgan fingerprint density at radius 3 is 1.97 bits per heavy atom. The summed E-state index contributed by atoms with van der Waals surface area (Å²) in [6, 6.07) is 19.8. The van der Waals surface area contributed by atoms with Crippen molar-refractivity contribution in [1.82, 2.24) is 19.8 Å². The summed E-state index contributed by atoms with van der Waals surface area (Å²) in [5.74, 6) is 0.368. The first-order valence-electron chi connectivity index (χ1n) is 24.6. The average Bonchev–Trinajstić information content (AvgIpc) is 4.20. The highest BCUT2D eigenvalue weighted by Crippen LogP contribution is 2.58. The molecule has 8 atom stereocenters. The minimum Gasteiger partial charge on any atom is -0.469 e. The van der Waals surface area contributed by atoms with Crippen molar-refractivity contribution in [2.45, 2.75) is 122 Å². The van der Waals surface area contributed by atoms with Gasteiger partial charge in [0.25, 0.3) is 0 Å². The van der Waals surface area contributed by atoms with Crippen LogP contribution in [0.5, 0.6) is 0 Å². The Kier molecular flexibility index (Phi) is 13.3. The fourth-order valence-electron chi connectivity index (χ4n) is 12.2. The lowest BCUT2D eigenvalue weighted by Crippen LogP contribution is -2.45. The predicted molar refractivity (Wildman–Crippen MR) is 260 cm³/mol. The van der Waals surface area contributed by atoms with Gasteiger partial charge in [-0.2, -0.15) is 0 Å². The molecule has 4 heterocycles. The van der Waals surface area contributed by atoms with Gasteiger partial charge in [0.05, 0.1) is 68.6 Å². The minimum absolute atomic E-state index is 0.00466. The lowest BCUT2D eigenvalue weighted by atomic mass is 9.81. The smallest absolute Gasteiger partial charge is 0.306 e. The lowest BCUT2D eigenvalue weighted by Gasteiger charge is -2.32. The summed E-state index contributed by atoms with van der Waals surface area (Å²) in [5, 5.41) is 0. The van der Waals surface area contributed by atoms with Gasteiger partial charge in [0.2, 0.25) is 11.8 Å². The number of carbonyl (C=O) groups is 4. The normalized spacial score (nSPS) is 24.1. The van der Waals surface area contributed by atoms with Crippen LogP contribution in [0.15, 0.2) is 65.8 Å². The third-order valence-electron chi connectivity index (χ3n) is 15.8. The number of methoxy groups -OCH3 is 3. The summed E-state index contributed by atoms with van der Waals surface area (Å²) < 4.78 is 15.5. The Balaban J connectivity index is 0.935. The van der Waals surface area contributed by atoms with Crippen LogP contribution in [-0.2, 0) is 33.4 Å². The molecule has 1 N–H and O–H groups in total. The van der Waals surface area contributed by atoms with Crippen LogP contribution in [0.3, 0.4) is 0 Å². The first kappa shape index (κ1) is 46.5. The van der Waals surface area contributed by atoms with E-state index in [0.717, 1.165) is 53.0 Å². The van der Waals surface area contributed by atoms with Crippen molar-refractivity contribution in [3.63, 3.8) is 0 Å². The molecule has 1 aromatic heterocycles. The highest BCUT2D eigenvalue weighted by Gasteiger charge is 2.44. The molecule has 2 aliphatic carbocycles. The van der Waals surface area contributed by atoms with Gasteiger partial charge in [-0.25, -0.2) is 4.98 Å². The van der Waals surface area contributed by atoms with Crippen molar-refractivity contribution in [1.29, 1.82) is 0 Å². The topological polar surface area (TPSA) is 143 Å². The number of fused-ring (bicyclic) bond motifs is 6. The van der Waals surface area contributed by atoms with Crippen molar-refractivity contribution < 1.29 is 33.4 Å². The summed E-state index contributed by atoms with van der Waals surface area (Å²) in [6.45, 7) is 11.2. The number of nitrogens with one attached hydrogen (secondary N) is 1. The number of ether oxygens (including phenoxy) is 3.